The molecule has 0 bridgehead atoms. The molecule has 1 atom stereocenters. The Morgan fingerprint density at radius 3 is 2.56 bits per heavy atom. The number of aromatic nitrogens is 1. The third-order valence-corrected chi connectivity index (χ3v) is 3.65. The van der Waals surface area contributed by atoms with E-state index in [1.807, 2.05) is 12.1 Å². The smallest absolute Gasteiger partial charge is 0.126 e. The molecule has 1 unspecified atom stereocenters. The lowest BCUT2D eigenvalue weighted by Crippen LogP contribution is -2.14. The Labute approximate surface area is 112 Å². The number of hydrogen-bond acceptors (Lipinski definition) is 4. The van der Waals surface area contributed by atoms with Crippen molar-refractivity contribution in [3.63, 3.8) is 0 Å². The van der Waals surface area contributed by atoms with Gasteiger partial charge in [-0.25, -0.2) is 4.98 Å². The van der Waals surface area contributed by atoms with E-state index in [9.17, 15) is 0 Å². The Morgan fingerprint density at radius 2 is 1.94 bits per heavy atom. The lowest BCUT2D eigenvalue weighted by atomic mass is 10.0. The van der Waals surface area contributed by atoms with Gasteiger partial charge in [0.25, 0.3) is 0 Å². The van der Waals surface area contributed by atoms with Gasteiger partial charge in [-0.05, 0) is 42.0 Å². The van der Waals surface area contributed by atoms with Gasteiger partial charge in [-0.15, -0.1) is 11.8 Å². The Bertz CT molecular complexity index is 511. The lowest BCUT2D eigenvalue weighted by Gasteiger charge is -2.13. The number of benzene rings is 1. The van der Waals surface area contributed by atoms with Crippen LogP contribution >= 0.6 is 11.8 Å². The van der Waals surface area contributed by atoms with Crippen molar-refractivity contribution in [3.8, 4) is 0 Å². The molecule has 4 N–H and O–H groups in total. The van der Waals surface area contributed by atoms with Crippen LogP contribution in [-0.2, 0) is 6.42 Å². The van der Waals surface area contributed by atoms with Gasteiger partial charge in [0.05, 0.1) is 0 Å². The van der Waals surface area contributed by atoms with Crippen LogP contribution in [0.3, 0.4) is 0 Å². The molecule has 0 fully saturated rings. The van der Waals surface area contributed by atoms with Crippen LogP contribution in [0.5, 0.6) is 0 Å². The SMILES string of the molecule is CSc1ccc(C(N)Cc2cccnc2N)cc1. The molecule has 1 aromatic heterocycles. The van der Waals surface area contributed by atoms with Gasteiger partial charge in [0, 0.05) is 17.1 Å². The van der Waals surface area contributed by atoms with E-state index >= 15 is 0 Å². The Hall–Kier alpha value is -1.52. The molecule has 2 rings (SSSR count). The molecule has 3 nitrogen and oxygen atoms in total. The molecule has 18 heavy (non-hydrogen) atoms. The highest BCUT2D eigenvalue weighted by Crippen LogP contribution is 2.21. The molecule has 0 spiro atoms. The zero-order chi connectivity index (χ0) is 13.0. The van der Waals surface area contributed by atoms with E-state index < -0.39 is 0 Å². The van der Waals surface area contributed by atoms with Crippen molar-refractivity contribution in [1.82, 2.24) is 4.98 Å². The summed E-state index contributed by atoms with van der Waals surface area (Å²) in [4.78, 5) is 5.31. The summed E-state index contributed by atoms with van der Waals surface area (Å²) in [5, 5.41) is 0. The first kappa shape index (κ1) is 12.9. The zero-order valence-electron chi connectivity index (χ0n) is 10.3. The molecule has 0 saturated carbocycles. The largest absolute Gasteiger partial charge is 0.383 e. The molecule has 0 aliphatic rings. The standard InChI is InChI=1S/C14H17N3S/c1-18-12-6-4-10(5-7-12)13(15)9-11-3-2-8-17-14(11)16/h2-8,13H,9,15H2,1H3,(H2,16,17). The summed E-state index contributed by atoms with van der Waals surface area (Å²) in [6, 6.07) is 12.1. The minimum absolute atomic E-state index is 0.0487. The van der Waals surface area contributed by atoms with Crippen LogP contribution in [0.4, 0.5) is 5.82 Å². The molecule has 94 valence electrons. The summed E-state index contributed by atoms with van der Waals surface area (Å²) < 4.78 is 0. The van der Waals surface area contributed by atoms with Gasteiger partial charge in [0.2, 0.25) is 0 Å². The Morgan fingerprint density at radius 1 is 1.22 bits per heavy atom. The van der Waals surface area contributed by atoms with Crippen molar-refractivity contribution in [1.29, 1.82) is 0 Å². The van der Waals surface area contributed by atoms with E-state index in [2.05, 4.69) is 35.5 Å². The average molecular weight is 259 g/mol. The molecule has 0 amide bonds. The third kappa shape index (κ3) is 3.03. The molecule has 2 aromatic rings. The molecular formula is C14H17N3S. The zero-order valence-corrected chi connectivity index (χ0v) is 11.2. The van der Waals surface area contributed by atoms with Gasteiger partial charge < -0.3 is 11.5 Å². The normalized spacial score (nSPS) is 12.3. The summed E-state index contributed by atoms with van der Waals surface area (Å²) >= 11 is 1.72. The second-order valence-electron chi connectivity index (χ2n) is 4.13. The quantitative estimate of drug-likeness (QED) is 0.828. The lowest BCUT2D eigenvalue weighted by molar-refractivity contribution is 0.720. The third-order valence-electron chi connectivity index (χ3n) is 2.91. The van der Waals surface area contributed by atoms with Gasteiger partial charge in [0.1, 0.15) is 5.82 Å². The second kappa shape index (κ2) is 5.89. The predicted molar refractivity (Wildman–Crippen MR) is 77.5 cm³/mol. The average Bonchev–Trinajstić information content (AvgIpc) is 2.41. The molecule has 4 heteroatoms. The summed E-state index contributed by atoms with van der Waals surface area (Å²) in [7, 11) is 0. The summed E-state index contributed by atoms with van der Waals surface area (Å²) in [6.07, 6.45) is 4.46. The fourth-order valence-electron chi connectivity index (χ4n) is 1.83. The second-order valence-corrected chi connectivity index (χ2v) is 5.01. The predicted octanol–water partition coefficient (Wildman–Crippen LogP) is 2.63. The van der Waals surface area contributed by atoms with E-state index in [1.54, 1.807) is 18.0 Å². The van der Waals surface area contributed by atoms with Crippen LogP contribution in [-0.4, -0.2) is 11.2 Å². The van der Waals surface area contributed by atoms with Crippen molar-refractivity contribution in [2.75, 3.05) is 12.0 Å². The first-order valence-corrected chi connectivity index (χ1v) is 7.02. The number of nitrogen functional groups attached to an aromatic ring is 1. The van der Waals surface area contributed by atoms with Crippen molar-refractivity contribution in [2.24, 2.45) is 5.73 Å². The van der Waals surface area contributed by atoms with Crippen LogP contribution in [0, 0.1) is 0 Å². The summed E-state index contributed by atoms with van der Waals surface area (Å²) in [5.74, 6) is 0.564. The van der Waals surface area contributed by atoms with Crippen molar-refractivity contribution in [2.45, 2.75) is 17.4 Å². The number of nitrogens with zero attached hydrogens (tertiary/aromatic N) is 1. The van der Waals surface area contributed by atoms with Crippen molar-refractivity contribution < 1.29 is 0 Å². The topological polar surface area (TPSA) is 64.9 Å². The van der Waals surface area contributed by atoms with Gasteiger partial charge in [-0.3, -0.25) is 0 Å². The van der Waals surface area contributed by atoms with Gasteiger partial charge in [-0.1, -0.05) is 18.2 Å². The van der Waals surface area contributed by atoms with Crippen molar-refractivity contribution in [3.05, 3.63) is 53.7 Å². The van der Waals surface area contributed by atoms with Gasteiger partial charge in [0.15, 0.2) is 0 Å². The molecule has 0 aliphatic carbocycles. The van der Waals surface area contributed by atoms with E-state index in [1.165, 1.54) is 4.90 Å². The van der Waals surface area contributed by atoms with E-state index in [0.717, 1.165) is 11.1 Å². The highest BCUT2D eigenvalue weighted by atomic mass is 32.2. The number of thioether (sulfide) groups is 1. The number of hydrogen-bond donors (Lipinski definition) is 2. The molecule has 0 saturated heterocycles. The molecule has 0 aliphatic heterocycles. The summed E-state index contributed by atoms with van der Waals surface area (Å²) in [6.45, 7) is 0. The van der Waals surface area contributed by atoms with E-state index in [-0.39, 0.29) is 6.04 Å². The highest BCUT2D eigenvalue weighted by molar-refractivity contribution is 7.98. The maximum atomic E-state index is 6.20. The molecule has 1 heterocycles. The highest BCUT2D eigenvalue weighted by Gasteiger charge is 2.09. The maximum Gasteiger partial charge on any atom is 0.126 e. The van der Waals surface area contributed by atoms with E-state index in [0.29, 0.717) is 12.2 Å². The molecule has 1 aromatic carbocycles. The molecular weight excluding hydrogens is 242 g/mol. The Kier molecular flexibility index (Phi) is 4.23. The number of pyridine rings is 1. The monoisotopic (exact) mass is 259 g/mol. The Balaban J connectivity index is 2.11. The minimum Gasteiger partial charge on any atom is -0.383 e. The molecule has 0 radical (unpaired) electrons. The number of rotatable bonds is 4. The number of nitrogens with two attached hydrogens (primary N) is 2. The van der Waals surface area contributed by atoms with E-state index in [4.69, 9.17) is 11.5 Å². The fraction of sp³-hybridized carbons (Fsp3) is 0.214. The van der Waals surface area contributed by atoms with Crippen LogP contribution in [0.25, 0.3) is 0 Å². The first-order chi connectivity index (χ1) is 8.70. The maximum absolute atomic E-state index is 6.20. The van der Waals surface area contributed by atoms with Crippen molar-refractivity contribution >= 4 is 17.6 Å². The van der Waals surface area contributed by atoms with Crippen LogP contribution in [0.1, 0.15) is 17.2 Å². The first-order valence-electron chi connectivity index (χ1n) is 5.79. The number of anilines is 1. The van der Waals surface area contributed by atoms with Gasteiger partial charge in [-0.2, -0.15) is 0 Å². The van der Waals surface area contributed by atoms with Crippen LogP contribution in [0.2, 0.25) is 0 Å². The fourth-order valence-corrected chi connectivity index (χ4v) is 2.24. The minimum atomic E-state index is -0.0487. The van der Waals surface area contributed by atoms with Crippen LogP contribution in [0.15, 0.2) is 47.5 Å². The van der Waals surface area contributed by atoms with Gasteiger partial charge >= 0.3 is 0 Å². The summed E-state index contributed by atoms with van der Waals surface area (Å²) in [5.41, 5.74) is 14.1. The van der Waals surface area contributed by atoms with Crippen LogP contribution < -0.4 is 11.5 Å².